The van der Waals surface area contributed by atoms with Crippen molar-refractivity contribution in [3.63, 3.8) is 0 Å². The first-order valence-corrected chi connectivity index (χ1v) is 11.7. The number of hydrogen-bond donors (Lipinski definition) is 0. The normalized spacial score (nSPS) is 22.4. The topological polar surface area (TPSA) is 0 Å². The third kappa shape index (κ3) is 2.23. The summed E-state index contributed by atoms with van der Waals surface area (Å²) in [6, 6.07) is 18.0. The standard InChI is InChI=1S/2C10H9.Hf/c2*1-8-6-9-4-2-3-5-10(9)7-8;/h2*2-7H,1H3;. The average Bonchev–Trinajstić information content (AvgIpc) is 2.97. The second-order valence-electron chi connectivity index (χ2n) is 6.07. The fourth-order valence-electron chi connectivity index (χ4n) is 3.57. The molecule has 0 fully saturated rings. The van der Waals surface area contributed by atoms with Crippen molar-refractivity contribution in [1.29, 1.82) is 0 Å². The van der Waals surface area contributed by atoms with E-state index in [1.54, 1.807) is 22.3 Å². The minimum atomic E-state index is -0.876. The molecule has 0 radical (unpaired) electrons. The zero-order valence-electron chi connectivity index (χ0n) is 12.4. The summed E-state index contributed by atoms with van der Waals surface area (Å²) in [4.78, 5) is 0. The Morgan fingerprint density at radius 3 is 1.57 bits per heavy atom. The van der Waals surface area contributed by atoms with Crippen LogP contribution in [0.3, 0.4) is 0 Å². The summed E-state index contributed by atoms with van der Waals surface area (Å²) >= 11 is -0.876. The van der Waals surface area contributed by atoms with E-state index in [1.165, 1.54) is 11.1 Å². The van der Waals surface area contributed by atoms with Gasteiger partial charge in [-0.05, 0) is 0 Å². The number of fused-ring (bicyclic) bond motifs is 2. The molecular formula is C20H18Hf. The fraction of sp³-hybridized carbons (Fsp3) is 0.200. The number of hydrogen-bond acceptors (Lipinski definition) is 0. The Balaban J connectivity index is 1.69. The molecule has 0 bridgehead atoms. The summed E-state index contributed by atoms with van der Waals surface area (Å²) in [5.41, 5.74) is 9.29. The van der Waals surface area contributed by atoms with E-state index in [0.29, 0.717) is 0 Å². The molecular weight excluding hydrogens is 419 g/mol. The Morgan fingerprint density at radius 2 is 1.10 bits per heavy atom. The molecule has 2 aliphatic carbocycles. The van der Waals surface area contributed by atoms with E-state index in [4.69, 9.17) is 0 Å². The van der Waals surface area contributed by atoms with Crippen LogP contribution in [0.4, 0.5) is 0 Å². The van der Waals surface area contributed by atoms with Crippen LogP contribution in [0.25, 0.3) is 12.2 Å². The summed E-state index contributed by atoms with van der Waals surface area (Å²) in [5.74, 6) is 0. The van der Waals surface area contributed by atoms with E-state index in [2.05, 4.69) is 74.5 Å². The van der Waals surface area contributed by atoms with Crippen molar-refractivity contribution in [3.8, 4) is 0 Å². The minimum absolute atomic E-state index is 0.765. The van der Waals surface area contributed by atoms with Gasteiger partial charge in [0.2, 0.25) is 0 Å². The van der Waals surface area contributed by atoms with Gasteiger partial charge in [0.1, 0.15) is 0 Å². The van der Waals surface area contributed by atoms with Gasteiger partial charge in [0, 0.05) is 0 Å². The number of benzene rings is 2. The second-order valence-corrected chi connectivity index (χ2v) is 11.4. The first-order chi connectivity index (χ1) is 10.2. The van der Waals surface area contributed by atoms with Crippen LogP contribution in [0.5, 0.6) is 0 Å². The predicted octanol–water partition coefficient (Wildman–Crippen LogP) is 5.39. The van der Waals surface area contributed by atoms with E-state index in [-0.39, 0.29) is 0 Å². The predicted molar refractivity (Wildman–Crippen MR) is 85.7 cm³/mol. The molecule has 0 aromatic heterocycles. The first kappa shape index (κ1) is 13.5. The van der Waals surface area contributed by atoms with Gasteiger partial charge in [0.05, 0.1) is 0 Å². The van der Waals surface area contributed by atoms with Gasteiger partial charge in [-0.25, -0.2) is 0 Å². The van der Waals surface area contributed by atoms with Crippen molar-refractivity contribution in [3.05, 3.63) is 81.9 Å². The molecule has 1 heteroatoms. The summed E-state index contributed by atoms with van der Waals surface area (Å²) < 4.78 is 1.53. The van der Waals surface area contributed by atoms with Crippen LogP contribution in [-0.2, 0) is 22.9 Å². The maximum atomic E-state index is 2.41. The molecule has 0 aliphatic heterocycles. The Morgan fingerprint density at radius 1 is 0.667 bits per heavy atom. The molecule has 0 nitrogen and oxygen atoms in total. The van der Waals surface area contributed by atoms with Crippen LogP contribution < -0.4 is 0 Å². The van der Waals surface area contributed by atoms with Crippen molar-refractivity contribution < 1.29 is 22.9 Å². The molecule has 0 saturated heterocycles. The van der Waals surface area contributed by atoms with Gasteiger partial charge in [-0.2, -0.15) is 0 Å². The summed E-state index contributed by atoms with van der Waals surface area (Å²) in [6.07, 6.45) is 4.82. The Hall–Kier alpha value is -1.21. The maximum absolute atomic E-state index is 2.41. The van der Waals surface area contributed by atoms with Gasteiger partial charge in [-0.15, -0.1) is 0 Å². The van der Waals surface area contributed by atoms with Gasteiger partial charge < -0.3 is 0 Å². The van der Waals surface area contributed by atoms with Gasteiger partial charge in [0.25, 0.3) is 0 Å². The van der Waals surface area contributed by atoms with Gasteiger partial charge in [-0.1, -0.05) is 0 Å². The zero-order valence-corrected chi connectivity index (χ0v) is 16.0. The molecule has 2 unspecified atom stereocenters. The van der Waals surface area contributed by atoms with Gasteiger partial charge in [-0.3, -0.25) is 0 Å². The molecule has 0 N–H and O–H groups in total. The summed E-state index contributed by atoms with van der Waals surface area (Å²) in [7, 11) is 0. The van der Waals surface area contributed by atoms with Crippen molar-refractivity contribution in [2.45, 2.75) is 21.2 Å². The quantitative estimate of drug-likeness (QED) is 0.554. The monoisotopic (exact) mass is 438 g/mol. The fourth-order valence-corrected chi connectivity index (χ4v) is 10.4. The van der Waals surface area contributed by atoms with Crippen LogP contribution in [0.15, 0.2) is 59.7 Å². The summed E-state index contributed by atoms with van der Waals surface area (Å²) in [5, 5.41) is 0. The van der Waals surface area contributed by atoms with E-state index >= 15 is 0 Å². The van der Waals surface area contributed by atoms with Crippen LogP contribution >= 0.6 is 0 Å². The zero-order chi connectivity index (χ0) is 14.4. The van der Waals surface area contributed by atoms with E-state index < -0.39 is 22.9 Å². The van der Waals surface area contributed by atoms with E-state index in [0.717, 1.165) is 7.35 Å². The van der Waals surface area contributed by atoms with Crippen molar-refractivity contribution in [2.75, 3.05) is 0 Å². The third-order valence-electron chi connectivity index (χ3n) is 4.62. The molecule has 21 heavy (non-hydrogen) atoms. The molecule has 102 valence electrons. The first-order valence-electron chi connectivity index (χ1n) is 7.54. The van der Waals surface area contributed by atoms with Gasteiger partial charge >= 0.3 is 138 Å². The molecule has 4 rings (SSSR count). The Kier molecular flexibility index (Phi) is 3.34. The number of rotatable bonds is 2. The van der Waals surface area contributed by atoms with Crippen LogP contribution in [0.1, 0.15) is 43.5 Å². The Bertz CT molecular complexity index is 701. The molecule has 2 aliphatic rings. The Labute approximate surface area is 138 Å². The van der Waals surface area contributed by atoms with Crippen molar-refractivity contribution in [2.24, 2.45) is 0 Å². The van der Waals surface area contributed by atoms with Crippen LogP contribution in [-0.4, -0.2) is 0 Å². The summed E-state index contributed by atoms with van der Waals surface area (Å²) in [6.45, 7) is 4.66. The molecule has 2 aromatic carbocycles. The molecule has 0 heterocycles. The van der Waals surface area contributed by atoms with E-state index in [9.17, 15) is 0 Å². The van der Waals surface area contributed by atoms with Gasteiger partial charge in [0.15, 0.2) is 0 Å². The molecule has 2 aromatic rings. The van der Waals surface area contributed by atoms with E-state index in [1.807, 2.05) is 0 Å². The molecule has 2 atom stereocenters. The number of allylic oxidation sites excluding steroid dienone is 2. The average molecular weight is 437 g/mol. The SMILES string of the molecule is CC1=Cc2ccccc2[CH]1[Hf][CH]1C(C)=Cc2ccccc21. The second kappa shape index (κ2) is 5.21. The van der Waals surface area contributed by atoms with Crippen molar-refractivity contribution >= 4 is 12.2 Å². The molecule has 0 saturated carbocycles. The van der Waals surface area contributed by atoms with Crippen LogP contribution in [0, 0.1) is 0 Å². The van der Waals surface area contributed by atoms with Crippen molar-refractivity contribution in [1.82, 2.24) is 0 Å². The molecule has 0 amide bonds. The third-order valence-corrected chi connectivity index (χ3v) is 12.5. The molecule has 0 spiro atoms. The van der Waals surface area contributed by atoms with Crippen LogP contribution in [0.2, 0.25) is 0 Å².